The molecule has 0 aliphatic rings. The van der Waals surface area contributed by atoms with E-state index in [1.54, 1.807) is 0 Å². The lowest BCUT2D eigenvalue weighted by atomic mass is 10.2. The number of rotatable bonds is 5. The number of hydrazone groups is 1. The van der Waals surface area contributed by atoms with Crippen molar-refractivity contribution in [2.24, 2.45) is 5.10 Å². The van der Waals surface area contributed by atoms with Gasteiger partial charge in [-0.2, -0.15) is 5.10 Å². The van der Waals surface area contributed by atoms with E-state index in [4.69, 9.17) is 0 Å². The molecule has 2 aromatic carbocycles. The van der Waals surface area contributed by atoms with Crippen LogP contribution in [-0.2, 0) is 0 Å². The number of nitro benzene ring substituents is 2. The summed E-state index contributed by atoms with van der Waals surface area (Å²) in [6, 6.07) is 8.61. The van der Waals surface area contributed by atoms with Crippen molar-refractivity contribution < 1.29 is 14.2 Å². The lowest BCUT2D eigenvalue weighted by Gasteiger charge is -2.01. The van der Waals surface area contributed by atoms with E-state index >= 15 is 0 Å². The van der Waals surface area contributed by atoms with Crippen LogP contribution < -0.4 is 5.43 Å². The molecule has 0 aliphatic heterocycles. The Hall–Kier alpha value is -3.36. The van der Waals surface area contributed by atoms with Crippen molar-refractivity contribution in [3.05, 3.63) is 74.1 Å². The molecule has 2 rings (SSSR count). The summed E-state index contributed by atoms with van der Waals surface area (Å²) in [6.45, 7) is 0. The second kappa shape index (κ2) is 6.39. The summed E-state index contributed by atoms with van der Waals surface area (Å²) in [5, 5.41) is 25.3. The molecule has 1 N–H and O–H groups in total. The lowest BCUT2D eigenvalue weighted by Crippen LogP contribution is -1.98. The van der Waals surface area contributed by atoms with Crippen molar-refractivity contribution in [3.63, 3.8) is 0 Å². The predicted octanol–water partition coefficient (Wildman–Crippen LogP) is 3.09. The molecule has 0 aliphatic carbocycles. The van der Waals surface area contributed by atoms with E-state index < -0.39 is 21.4 Å². The average Bonchev–Trinajstić information content (AvgIpc) is 2.49. The zero-order valence-corrected chi connectivity index (χ0v) is 11.0. The van der Waals surface area contributed by atoms with Gasteiger partial charge in [0.1, 0.15) is 11.5 Å². The van der Waals surface area contributed by atoms with Gasteiger partial charge in [-0.15, -0.1) is 0 Å². The van der Waals surface area contributed by atoms with Crippen LogP contribution in [0.25, 0.3) is 0 Å². The molecule has 0 unspecified atom stereocenters. The van der Waals surface area contributed by atoms with Crippen LogP contribution in [0.15, 0.2) is 47.6 Å². The molecule has 0 saturated carbocycles. The van der Waals surface area contributed by atoms with Crippen molar-refractivity contribution in [1.82, 2.24) is 0 Å². The molecule has 0 heterocycles. The molecule has 9 heteroatoms. The van der Waals surface area contributed by atoms with E-state index in [2.05, 4.69) is 10.5 Å². The number of nitrogens with one attached hydrogen (secondary N) is 1. The fourth-order valence-electron chi connectivity index (χ4n) is 1.60. The second-order valence-electron chi connectivity index (χ2n) is 4.14. The van der Waals surface area contributed by atoms with E-state index in [1.807, 2.05) is 0 Å². The molecular weight excluding hydrogens is 295 g/mol. The maximum absolute atomic E-state index is 12.7. The van der Waals surface area contributed by atoms with Crippen molar-refractivity contribution in [2.45, 2.75) is 0 Å². The second-order valence-corrected chi connectivity index (χ2v) is 4.14. The number of anilines is 1. The maximum Gasteiger partial charge on any atom is 0.301 e. The molecule has 8 nitrogen and oxygen atoms in total. The summed E-state index contributed by atoms with van der Waals surface area (Å²) in [7, 11) is 0. The monoisotopic (exact) mass is 304 g/mol. The van der Waals surface area contributed by atoms with Gasteiger partial charge in [0, 0.05) is 6.07 Å². The fourth-order valence-corrected chi connectivity index (χ4v) is 1.60. The molecule has 0 saturated heterocycles. The predicted molar refractivity (Wildman–Crippen MR) is 77.4 cm³/mol. The van der Waals surface area contributed by atoms with Gasteiger partial charge < -0.3 is 0 Å². The van der Waals surface area contributed by atoms with Crippen LogP contribution in [0, 0.1) is 26.0 Å². The van der Waals surface area contributed by atoms with Gasteiger partial charge in [-0.1, -0.05) is 12.1 Å². The molecule has 0 radical (unpaired) electrons. The summed E-state index contributed by atoms with van der Waals surface area (Å²) in [6.07, 6.45) is 1.34. The molecular formula is C13H9FN4O4. The first-order valence-corrected chi connectivity index (χ1v) is 5.95. The Morgan fingerprint density at radius 1 is 1.05 bits per heavy atom. The normalized spacial score (nSPS) is 10.6. The van der Waals surface area contributed by atoms with Gasteiger partial charge in [-0.05, 0) is 23.8 Å². The first-order chi connectivity index (χ1) is 10.5. The number of benzene rings is 2. The Bertz CT molecular complexity index is 746. The van der Waals surface area contributed by atoms with Gasteiger partial charge in [-0.25, -0.2) is 4.39 Å². The van der Waals surface area contributed by atoms with Crippen LogP contribution in [0.1, 0.15) is 5.56 Å². The Kier molecular flexibility index (Phi) is 4.37. The number of hydrogen-bond donors (Lipinski definition) is 1. The SMILES string of the molecule is O=[N+]([O-])c1ccc(N/N=C\c2ccc(F)cc2)c([N+](=O)[O-])c1. The van der Waals surface area contributed by atoms with Gasteiger partial charge in [0.25, 0.3) is 5.69 Å². The Morgan fingerprint density at radius 3 is 2.32 bits per heavy atom. The van der Waals surface area contributed by atoms with Crippen molar-refractivity contribution in [2.75, 3.05) is 5.43 Å². The van der Waals surface area contributed by atoms with E-state index in [0.717, 1.165) is 12.1 Å². The third-order valence-electron chi connectivity index (χ3n) is 2.66. The third-order valence-corrected chi connectivity index (χ3v) is 2.66. The quantitative estimate of drug-likeness (QED) is 0.518. The van der Waals surface area contributed by atoms with Crippen molar-refractivity contribution in [1.29, 1.82) is 0 Å². The highest BCUT2D eigenvalue weighted by atomic mass is 19.1. The first kappa shape index (κ1) is 15.0. The highest BCUT2D eigenvalue weighted by molar-refractivity contribution is 5.80. The van der Waals surface area contributed by atoms with E-state index in [1.165, 1.54) is 36.5 Å². The molecule has 0 spiro atoms. The Balaban J connectivity index is 2.20. The molecule has 0 aromatic heterocycles. The molecule has 0 atom stereocenters. The van der Waals surface area contributed by atoms with E-state index in [-0.39, 0.29) is 11.4 Å². The van der Waals surface area contributed by atoms with Crippen molar-refractivity contribution >= 4 is 23.3 Å². The number of nitrogens with zero attached hydrogens (tertiary/aromatic N) is 3. The standard InChI is InChI=1S/C13H9FN4O4/c14-10-3-1-9(2-4-10)8-15-16-12-6-5-11(17(19)20)7-13(12)18(21)22/h1-8,16H/b15-8-. The molecule has 0 bridgehead atoms. The van der Waals surface area contributed by atoms with Crippen LogP contribution in [0.5, 0.6) is 0 Å². The molecule has 22 heavy (non-hydrogen) atoms. The largest absolute Gasteiger partial charge is 0.301 e. The summed E-state index contributed by atoms with van der Waals surface area (Å²) in [5.74, 6) is -0.392. The van der Waals surface area contributed by atoms with Gasteiger partial charge in [0.2, 0.25) is 0 Å². The Morgan fingerprint density at radius 2 is 1.73 bits per heavy atom. The van der Waals surface area contributed by atoms with E-state index in [0.29, 0.717) is 5.56 Å². The fraction of sp³-hybridized carbons (Fsp3) is 0. The van der Waals surface area contributed by atoms with Gasteiger partial charge in [0.05, 0.1) is 22.1 Å². The van der Waals surface area contributed by atoms with Crippen LogP contribution >= 0.6 is 0 Å². The van der Waals surface area contributed by atoms with Crippen LogP contribution in [-0.4, -0.2) is 16.1 Å². The third kappa shape index (κ3) is 3.60. The number of hydrogen-bond acceptors (Lipinski definition) is 6. The summed E-state index contributed by atoms with van der Waals surface area (Å²) in [5.41, 5.74) is 2.17. The average molecular weight is 304 g/mol. The molecule has 0 amide bonds. The summed E-state index contributed by atoms with van der Waals surface area (Å²) in [4.78, 5) is 20.1. The molecule has 112 valence electrons. The topological polar surface area (TPSA) is 111 Å². The van der Waals surface area contributed by atoms with Crippen LogP contribution in [0.2, 0.25) is 0 Å². The number of non-ortho nitro benzene ring substituents is 1. The minimum Gasteiger partial charge on any atom is -0.272 e. The van der Waals surface area contributed by atoms with Crippen molar-refractivity contribution in [3.8, 4) is 0 Å². The first-order valence-electron chi connectivity index (χ1n) is 5.95. The zero-order valence-electron chi connectivity index (χ0n) is 11.0. The van der Waals surface area contributed by atoms with Gasteiger partial charge in [0.15, 0.2) is 0 Å². The lowest BCUT2D eigenvalue weighted by molar-refractivity contribution is -0.393. The summed E-state index contributed by atoms with van der Waals surface area (Å²) >= 11 is 0. The minimum atomic E-state index is -0.747. The highest BCUT2D eigenvalue weighted by Gasteiger charge is 2.18. The molecule has 2 aromatic rings. The molecule has 0 fully saturated rings. The minimum absolute atomic E-state index is 0.00830. The van der Waals surface area contributed by atoms with Gasteiger partial charge in [-0.3, -0.25) is 25.7 Å². The Labute approximate surface area is 123 Å². The van der Waals surface area contributed by atoms with Gasteiger partial charge >= 0.3 is 5.69 Å². The number of halogens is 1. The smallest absolute Gasteiger partial charge is 0.272 e. The van der Waals surface area contributed by atoms with Crippen LogP contribution in [0.4, 0.5) is 21.5 Å². The van der Waals surface area contributed by atoms with E-state index in [9.17, 15) is 24.6 Å². The highest BCUT2D eigenvalue weighted by Crippen LogP contribution is 2.28. The van der Waals surface area contributed by atoms with Crippen LogP contribution in [0.3, 0.4) is 0 Å². The zero-order chi connectivity index (χ0) is 16.1. The number of nitro groups is 2. The maximum atomic E-state index is 12.7. The summed E-state index contributed by atoms with van der Waals surface area (Å²) < 4.78 is 12.7.